The van der Waals surface area contributed by atoms with Gasteiger partial charge in [-0.15, -0.1) is 0 Å². The Morgan fingerprint density at radius 1 is 1.43 bits per heavy atom. The van der Waals surface area contributed by atoms with Crippen molar-refractivity contribution in [2.75, 3.05) is 33.4 Å². The zero-order valence-electron chi connectivity index (χ0n) is 12.6. The second kappa shape index (κ2) is 7.78. The summed E-state index contributed by atoms with van der Waals surface area (Å²) in [5.41, 5.74) is 1.14. The minimum Gasteiger partial charge on any atom is -0.383 e. The Bertz CT molecular complexity index is 464. The highest BCUT2D eigenvalue weighted by Crippen LogP contribution is 2.37. The van der Waals surface area contributed by atoms with Gasteiger partial charge in [-0.2, -0.15) is 0 Å². The first-order chi connectivity index (χ1) is 10.2. The van der Waals surface area contributed by atoms with Gasteiger partial charge in [0.15, 0.2) is 0 Å². The molecule has 1 aliphatic rings. The fourth-order valence-electron chi connectivity index (χ4n) is 3.00. The zero-order chi connectivity index (χ0) is 15.2. The summed E-state index contributed by atoms with van der Waals surface area (Å²) >= 11 is 5.97. The summed E-state index contributed by atoms with van der Waals surface area (Å²) in [5.74, 6) is 0.125. The molecule has 21 heavy (non-hydrogen) atoms. The van der Waals surface area contributed by atoms with Crippen LogP contribution >= 0.6 is 11.6 Å². The predicted molar refractivity (Wildman–Crippen MR) is 84.4 cm³/mol. The summed E-state index contributed by atoms with van der Waals surface area (Å²) in [7, 11) is 1.70. The third-order valence-electron chi connectivity index (χ3n) is 3.98. The molecule has 1 aromatic rings. The summed E-state index contributed by atoms with van der Waals surface area (Å²) in [6.07, 6.45) is 0.878. The molecule has 0 spiro atoms. The maximum absolute atomic E-state index is 12.3. The topological polar surface area (TPSA) is 41.6 Å². The predicted octanol–water partition coefficient (Wildman–Crippen LogP) is 2.49. The number of amides is 1. The molecule has 4 nitrogen and oxygen atoms in total. The van der Waals surface area contributed by atoms with E-state index < -0.39 is 0 Å². The van der Waals surface area contributed by atoms with E-state index in [4.69, 9.17) is 16.3 Å². The first-order valence-electron chi connectivity index (χ1n) is 7.43. The molecule has 0 aliphatic carbocycles. The summed E-state index contributed by atoms with van der Waals surface area (Å²) in [5, 5.41) is 3.67. The number of carbonyl (C=O) groups is 1. The number of halogens is 1. The number of carbonyl (C=O) groups excluding carboxylic acids is 1. The third kappa shape index (κ3) is 3.96. The van der Waals surface area contributed by atoms with E-state index in [-0.39, 0.29) is 17.9 Å². The highest BCUT2D eigenvalue weighted by molar-refractivity contribution is 6.30. The smallest absolute Gasteiger partial charge is 0.225 e. The van der Waals surface area contributed by atoms with E-state index in [9.17, 15) is 4.79 Å². The lowest BCUT2D eigenvalue weighted by atomic mass is 9.93. The Morgan fingerprint density at radius 2 is 2.14 bits per heavy atom. The van der Waals surface area contributed by atoms with Crippen LogP contribution in [0.5, 0.6) is 0 Å². The van der Waals surface area contributed by atoms with Gasteiger partial charge < -0.3 is 10.1 Å². The van der Waals surface area contributed by atoms with Gasteiger partial charge in [-0.3, -0.25) is 9.69 Å². The third-order valence-corrected chi connectivity index (χ3v) is 4.24. The summed E-state index contributed by atoms with van der Waals surface area (Å²) in [6, 6.07) is 7.91. The molecule has 1 saturated heterocycles. The maximum atomic E-state index is 12.3. The first-order valence-corrected chi connectivity index (χ1v) is 7.81. The molecule has 1 N–H and O–H groups in total. The number of ether oxygens (including phenoxy) is 1. The monoisotopic (exact) mass is 310 g/mol. The van der Waals surface area contributed by atoms with E-state index in [1.165, 1.54) is 0 Å². The van der Waals surface area contributed by atoms with Crippen LogP contribution in [0, 0.1) is 5.92 Å². The van der Waals surface area contributed by atoms with Crippen LogP contribution in [0.2, 0.25) is 5.02 Å². The molecule has 1 aliphatic heterocycles. The fraction of sp³-hybridized carbons (Fsp3) is 0.562. The highest BCUT2D eigenvalue weighted by atomic mass is 35.5. The molecule has 5 heteroatoms. The molecular weight excluding hydrogens is 288 g/mol. The van der Waals surface area contributed by atoms with Crippen molar-refractivity contribution in [3.8, 4) is 0 Å². The van der Waals surface area contributed by atoms with Gasteiger partial charge in [0.2, 0.25) is 5.91 Å². The molecular formula is C16H23ClN2O2. The van der Waals surface area contributed by atoms with Crippen LogP contribution in [-0.2, 0) is 9.53 Å². The Hall–Kier alpha value is -1.10. The summed E-state index contributed by atoms with van der Waals surface area (Å²) in [6.45, 7) is 5.04. The van der Waals surface area contributed by atoms with Gasteiger partial charge in [0.1, 0.15) is 0 Å². The average molecular weight is 311 g/mol. The van der Waals surface area contributed by atoms with Gasteiger partial charge >= 0.3 is 0 Å². The van der Waals surface area contributed by atoms with Crippen LogP contribution in [0.25, 0.3) is 0 Å². The van der Waals surface area contributed by atoms with Crippen molar-refractivity contribution in [1.82, 2.24) is 10.2 Å². The minimum absolute atomic E-state index is 0.0111. The molecule has 1 heterocycles. The molecule has 0 saturated carbocycles. The molecule has 0 radical (unpaired) electrons. The van der Waals surface area contributed by atoms with Crippen LogP contribution in [0.15, 0.2) is 24.3 Å². The fourth-order valence-corrected chi connectivity index (χ4v) is 3.12. The summed E-state index contributed by atoms with van der Waals surface area (Å²) < 4.78 is 5.19. The van der Waals surface area contributed by atoms with Crippen LogP contribution in [0.1, 0.15) is 24.9 Å². The molecule has 0 bridgehead atoms. The van der Waals surface area contributed by atoms with Crippen LogP contribution in [-0.4, -0.2) is 44.2 Å². The first kappa shape index (κ1) is 16.3. The Kier molecular flexibility index (Phi) is 6.03. The van der Waals surface area contributed by atoms with Gasteiger partial charge in [-0.25, -0.2) is 0 Å². The van der Waals surface area contributed by atoms with Crippen molar-refractivity contribution >= 4 is 17.5 Å². The Balaban J connectivity index is 2.21. The Labute approximate surface area is 131 Å². The van der Waals surface area contributed by atoms with Crippen molar-refractivity contribution in [3.05, 3.63) is 34.9 Å². The van der Waals surface area contributed by atoms with Gasteiger partial charge in [-0.1, -0.05) is 23.7 Å². The largest absolute Gasteiger partial charge is 0.383 e. The van der Waals surface area contributed by atoms with E-state index in [0.717, 1.165) is 30.1 Å². The van der Waals surface area contributed by atoms with E-state index >= 15 is 0 Å². The van der Waals surface area contributed by atoms with Crippen LogP contribution in [0.4, 0.5) is 0 Å². The van der Waals surface area contributed by atoms with E-state index in [0.29, 0.717) is 13.2 Å². The highest BCUT2D eigenvalue weighted by Gasteiger charge is 2.39. The van der Waals surface area contributed by atoms with E-state index in [1.807, 2.05) is 31.2 Å². The lowest BCUT2D eigenvalue weighted by Gasteiger charge is -2.28. The number of hydrogen-bond donors (Lipinski definition) is 1. The van der Waals surface area contributed by atoms with E-state index in [2.05, 4.69) is 10.2 Å². The van der Waals surface area contributed by atoms with Crippen molar-refractivity contribution in [2.24, 2.45) is 5.92 Å². The molecule has 2 atom stereocenters. The lowest BCUT2D eigenvalue weighted by Crippen LogP contribution is -2.36. The molecule has 116 valence electrons. The second-order valence-corrected chi connectivity index (χ2v) is 5.75. The SMILES string of the molecule is CCNC(=O)[C@@H]1CCN(CCOC)[C@@H]1c1ccc(Cl)cc1. The van der Waals surface area contributed by atoms with Gasteiger partial charge in [0, 0.05) is 31.3 Å². The number of nitrogens with one attached hydrogen (secondary N) is 1. The number of hydrogen-bond acceptors (Lipinski definition) is 3. The van der Waals surface area contributed by atoms with Crippen molar-refractivity contribution < 1.29 is 9.53 Å². The van der Waals surface area contributed by atoms with Gasteiger partial charge in [0.25, 0.3) is 0 Å². The second-order valence-electron chi connectivity index (χ2n) is 5.31. The lowest BCUT2D eigenvalue weighted by molar-refractivity contribution is -0.125. The average Bonchev–Trinajstić information content (AvgIpc) is 2.90. The van der Waals surface area contributed by atoms with Crippen molar-refractivity contribution in [1.29, 1.82) is 0 Å². The maximum Gasteiger partial charge on any atom is 0.225 e. The Morgan fingerprint density at radius 3 is 2.76 bits per heavy atom. The van der Waals surface area contributed by atoms with Crippen molar-refractivity contribution in [3.63, 3.8) is 0 Å². The van der Waals surface area contributed by atoms with Gasteiger partial charge in [0.05, 0.1) is 12.5 Å². The normalized spacial score (nSPS) is 22.4. The van der Waals surface area contributed by atoms with Gasteiger partial charge in [-0.05, 0) is 37.6 Å². The minimum atomic E-state index is -0.0111. The molecule has 0 aromatic heterocycles. The molecule has 2 rings (SSSR count). The summed E-state index contributed by atoms with van der Waals surface area (Å²) in [4.78, 5) is 14.6. The standard InChI is InChI=1S/C16H23ClN2O2/c1-3-18-16(20)14-8-9-19(10-11-21-2)15(14)12-4-6-13(17)7-5-12/h4-7,14-15H,3,8-11H2,1-2H3,(H,18,20)/t14-,15-/m1/s1. The number of likely N-dealkylation sites (tertiary alicyclic amines) is 1. The number of benzene rings is 1. The quantitative estimate of drug-likeness (QED) is 0.877. The van der Waals surface area contributed by atoms with Crippen molar-refractivity contribution in [2.45, 2.75) is 19.4 Å². The number of rotatable bonds is 6. The zero-order valence-corrected chi connectivity index (χ0v) is 13.4. The van der Waals surface area contributed by atoms with Crippen LogP contribution in [0.3, 0.4) is 0 Å². The number of methoxy groups -OCH3 is 1. The molecule has 1 aromatic carbocycles. The number of nitrogens with zero attached hydrogens (tertiary/aromatic N) is 1. The molecule has 1 fully saturated rings. The molecule has 1 amide bonds. The molecule has 0 unspecified atom stereocenters. The van der Waals surface area contributed by atoms with E-state index in [1.54, 1.807) is 7.11 Å². The van der Waals surface area contributed by atoms with Crippen LogP contribution < -0.4 is 5.32 Å².